The van der Waals surface area contributed by atoms with E-state index in [1.807, 2.05) is 56.3 Å². The Balaban J connectivity index is 2.00. The van der Waals surface area contributed by atoms with Crippen LogP contribution < -0.4 is 0 Å². The summed E-state index contributed by atoms with van der Waals surface area (Å²) >= 11 is 3.43. The van der Waals surface area contributed by atoms with Crippen LogP contribution in [-0.4, -0.2) is 35.2 Å². The largest absolute Gasteiger partial charge is 0.344 e. The van der Waals surface area contributed by atoms with Crippen LogP contribution in [-0.2, 0) is 14.4 Å². The number of carbonyl (C=O) groups is 1. The molecule has 4 nitrogen and oxygen atoms in total. The van der Waals surface area contributed by atoms with E-state index >= 15 is 0 Å². The van der Waals surface area contributed by atoms with Crippen LogP contribution in [0, 0.1) is 5.41 Å². The van der Waals surface area contributed by atoms with Gasteiger partial charge in [-0.15, -0.1) is 0 Å². The van der Waals surface area contributed by atoms with Crippen LogP contribution in [0.3, 0.4) is 0 Å². The molecule has 1 amide bonds. The second kappa shape index (κ2) is 10.8. The van der Waals surface area contributed by atoms with Gasteiger partial charge in [0.15, 0.2) is 6.23 Å². The molecule has 27 heavy (non-hydrogen) atoms. The molecule has 0 aromatic heterocycles. The van der Waals surface area contributed by atoms with E-state index in [0.717, 1.165) is 36.6 Å². The molecule has 1 aromatic carbocycles. The number of hydrogen-bond donors (Lipinski definition) is 0. The highest BCUT2D eigenvalue weighted by atomic mass is 79.9. The van der Waals surface area contributed by atoms with Gasteiger partial charge in [-0.25, -0.2) is 0 Å². The average Bonchev–Trinajstić information content (AvgIpc) is 2.67. The van der Waals surface area contributed by atoms with Gasteiger partial charge in [-0.3, -0.25) is 9.63 Å². The molecule has 2 rings (SSSR count). The minimum atomic E-state index is -0.721. The number of rotatable bonds is 10. The van der Waals surface area contributed by atoms with Gasteiger partial charge in [0.05, 0.1) is 18.1 Å². The molecule has 0 saturated carbocycles. The molecule has 0 radical (unpaired) electrons. The molecule has 1 aromatic rings. The third-order valence-corrected chi connectivity index (χ3v) is 5.26. The van der Waals surface area contributed by atoms with E-state index in [1.165, 1.54) is 5.06 Å². The molecular weight excluding hydrogens is 406 g/mol. The maximum Gasteiger partial charge on any atom is 0.257 e. The van der Waals surface area contributed by atoms with Crippen molar-refractivity contribution in [1.29, 1.82) is 0 Å². The predicted molar refractivity (Wildman–Crippen MR) is 113 cm³/mol. The van der Waals surface area contributed by atoms with E-state index in [-0.39, 0.29) is 12.0 Å². The Kier molecular flexibility index (Phi) is 8.74. The lowest BCUT2D eigenvalue weighted by Gasteiger charge is -2.44. The number of halogens is 1. The Labute approximate surface area is 171 Å². The summed E-state index contributed by atoms with van der Waals surface area (Å²) in [6.45, 7) is 8.09. The molecule has 1 aliphatic rings. The summed E-state index contributed by atoms with van der Waals surface area (Å²) < 4.78 is 6.12. The molecule has 0 spiro atoms. The van der Waals surface area contributed by atoms with Gasteiger partial charge in [-0.1, -0.05) is 77.8 Å². The highest BCUT2D eigenvalue weighted by Gasteiger charge is 2.47. The van der Waals surface area contributed by atoms with Crippen LogP contribution in [0.15, 0.2) is 49.1 Å². The molecule has 1 heterocycles. The molecule has 0 N–H and O–H groups in total. The molecule has 1 saturated heterocycles. The number of unbranched alkanes of at least 4 members (excludes halogenated alkanes) is 3. The lowest BCUT2D eigenvalue weighted by molar-refractivity contribution is -0.275. The van der Waals surface area contributed by atoms with Crippen molar-refractivity contribution in [3.63, 3.8) is 0 Å². The van der Waals surface area contributed by atoms with Crippen molar-refractivity contribution in [3.05, 3.63) is 54.6 Å². The van der Waals surface area contributed by atoms with Gasteiger partial charge in [-0.2, -0.15) is 5.06 Å². The number of hydroxylamine groups is 2. The molecular formula is C22H30BrNO3. The second-order valence-electron chi connectivity index (χ2n) is 7.24. The number of ether oxygens (including phenoxy) is 1. The standard InChI is InChI=1S/C22H30BrNO3/c1-4-20-24(26-17-11-6-5-10-16-23)21(25)22(2,3)19(27-20)15-14-18-12-8-7-9-13-18/h4,7-9,12-15,19-20H,1,5-6,10-11,16-17H2,2-3H3/b15-14+. The van der Waals surface area contributed by atoms with Gasteiger partial charge in [0.1, 0.15) is 0 Å². The number of alkyl halides is 1. The smallest absolute Gasteiger partial charge is 0.257 e. The molecule has 5 heteroatoms. The van der Waals surface area contributed by atoms with Crippen LogP contribution in [0.2, 0.25) is 0 Å². The first kappa shape index (κ1) is 21.9. The summed E-state index contributed by atoms with van der Waals surface area (Å²) in [6, 6.07) is 9.98. The minimum Gasteiger partial charge on any atom is -0.344 e. The number of benzene rings is 1. The van der Waals surface area contributed by atoms with Gasteiger partial charge in [-0.05, 0) is 38.3 Å². The fourth-order valence-electron chi connectivity index (χ4n) is 2.94. The molecule has 0 aliphatic carbocycles. The first-order valence-corrected chi connectivity index (χ1v) is 10.7. The van der Waals surface area contributed by atoms with Crippen molar-refractivity contribution < 1.29 is 14.4 Å². The van der Waals surface area contributed by atoms with Gasteiger partial charge >= 0.3 is 0 Å². The summed E-state index contributed by atoms with van der Waals surface area (Å²) in [5, 5.41) is 2.38. The van der Waals surface area contributed by atoms with Gasteiger partial charge < -0.3 is 4.74 Å². The molecule has 2 unspecified atom stereocenters. The van der Waals surface area contributed by atoms with Crippen LogP contribution in [0.1, 0.15) is 45.1 Å². The summed E-state index contributed by atoms with van der Waals surface area (Å²) in [5.74, 6) is -0.0816. The van der Waals surface area contributed by atoms with Gasteiger partial charge in [0.2, 0.25) is 0 Å². The van der Waals surface area contributed by atoms with E-state index < -0.39 is 11.6 Å². The van der Waals surface area contributed by atoms with E-state index in [9.17, 15) is 4.79 Å². The van der Waals surface area contributed by atoms with E-state index in [2.05, 4.69) is 22.5 Å². The quantitative estimate of drug-likeness (QED) is 0.282. The summed E-state index contributed by atoms with van der Waals surface area (Å²) in [6.07, 6.45) is 8.91. The Morgan fingerprint density at radius 1 is 1.22 bits per heavy atom. The minimum absolute atomic E-state index is 0.0816. The monoisotopic (exact) mass is 435 g/mol. The number of nitrogens with zero attached hydrogens (tertiary/aromatic N) is 1. The third kappa shape index (κ3) is 6.03. The zero-order valence-corrected chi connectivity index (χ0v) is 17.9. The molecule has 1 fully saturated rings. The second-order valence-corrected chi connectivity index (χ2v) is 8.03. The zero-order chi connectivity index (χ0) is 19.7. The highest BCUT2D eigenvalue weighted by Crippen LogP contribution is 2.35. The number of amides is 1. The first-order chi connectivity index (χ1) is 13.0. The van der Waals surface area contributed by atoms with Crippen molar-refractivity contribution in [3.8, 4) is 0 Å². The summed E-state index contributed by atoms with van der Waals surface area (Å²) in [5.41, 5.74) is 0.350. The van der Waals surface area contributed by atoms with Crippen molar-refractivity contribution >= 4 is 27.9 Å². The lowest BCUT2D eigenvalue weighted by Crippen LogP contribution is -2.58. The van der Waals surface area contributed by atoms with Crippen molar-refractivity contribution in [2.75, 3.05) is 11.9 Å². The number of hydrogen-bond acceptors (Lipinski definition) is 3. The topological polar surface area (TPSA) is 38.8 Å². The van der Waals surface area contributed by atoms with Crippen LogP contribution in [0.25, 0.3) is 6.08 Å². The maximum atomic E-state index is 13.0. The number of carbonyl (C=O) groups excluding carboxylic acids is 1. The highest BCUT2D eigenvalue weighted by molar-refractivity contribution is 9.09. The molecule has 2 atom stereocenters. The Hall–Kier alpha value is -1.43. The van der Waals surface area contributed by atoms with Crippen molar-refractivity contribution in [2.24, 2.45) is 5.41 Å². The predicted octanol–water partition coefficient (Wildman–Crippen LogP) is 5.35. The normalized spacial score (nSPS) is 22.3. The Morgan fingerprint density at radius 3 is 2.59 bits per heavy atom. The zero-order valence-electron chi connectivity index (χ0n) is 16.3. The SMILES string of the molecule is C=CC1OC(/C=C/c2ccccc2)C(C)(C)C(=O)N1OCCCCCCBr. The van der Waals surface area contributed by atoms with Gasteiger partial charge in [0, 0.05) is 5.33 Å². The first-order valence-electron chi connectivity index (χ1n) is 9.54. The van der Waals surface area contributed by atoms with Crippen molar-refractivity contribution in [2.45, 2.75) is 51.9 Å². The van der Waals surface area contributed by atoms with Crippen LogP contribution in [0.5, 0.6) is 0 Å². The average molecular weight is 436 g/mol. The molecule has 0 bridgehead atoms. The van der Waals surface area contributed by atoms with E-state index in [0.29, 0.717) is 6.61 Å². The third-order valence-electron chi connectivity index (χ3n) is 4.70. The van der Waals surface area contributed by atoms with Gasteiger partial charge in [0.25, 0.3) is 5.91 Å². The fourth-order valence-corrected chi connectivity index (χ4v) is 3.34. The molecule has 148 valence electrons. The Morgan fingerprint density at radius 2 is 1.93 bits per heavy atom. The summed E-state index contributed by atoms with van der Waals surface area (Å²) in [4.78, 5) is 18.8. The Bertz CT molecular complexity index is 630. The summed E-state index contributed by atoms with van der Waals surface area (Å²) in [7, 11) is 0. The van der Waals surface area contributed by atoms with Crippen molar-refractivity contribution in [1.82, 2.24) is 5.06 Å². The van der Waals surface area contributed by atoms with E-state index in [1.54, 1.807) is 6.08 Å². The molecule has 1 aliphatic heterocycles. The van der Waals surface area contributed by atoms with E-state index in [4.69, 9.17) is 9.57 Å². The van der Waals surface area contributed by atoms with Crippen LogP contribution >= 0.6 is 15.9 Å². The fraction of sp³-hybridized carbons (Fsp3) is 0.500. The lowest BCUT2D eigenvalue weighted by atomic mass is 9.83. The maximum absolute atomic E-state index is 13.0. The van der Waals surface area contributed by atoms with Crippen LogP contribution in [0.4, 0.5) is 0 Å².